The predicted molar refractivity (Wildman–Crippen MR) is 107 cm³/mol. The molecule has 0 spiro atoms. The first-order chi connectivity index (χ1) is 12.3. The minimum atomic E-state index is -0.210. The summed E-state index contributed by atoms with van der Waals surface area (Å²) in [5.74, 6) is -0.0376. The third-order valence-corrected chi connectivity index (χ3v) is 4.97. The monoisotopic (exact) mass is 369 g/mol. The Morgan fingerprint density at radius 3 is 2.58 bits per heavy atom. The van der Waals surface area contributed by atoms with Gasteiger partial charge in [-0.3, -0.25) is 14.9 Å². The van der Waals surface area contributed by atoms with Crippen LogP contribution >= 0.6 is 11.3 Å². The SMILES string of the molecule is CC(C)(C)c1csc(NC(=O)/C=C/c2ccc(N3CCCC3=O)cc2)n1. The van der Waals surface area contributed by atoms with E-state index in [4.69, 9.17) is 0 Å². The number of rotatable bonds is 4. The highest BCUT2D eigenvalue weighted by atomic mass is 32.1. The zero-order chi connectivity index (χ0) is 18.7. The first-order valence-corrected chi connectivity index (χ1v) is 9.56. The molecule has 1 aliphatic rings. The number of benzene rings is 1. The Bertz CT molecular complexity index is 831. The van der Waals surface area contributed by atoms with Crippen molar-refractivity contribution in [2.45, 2.75) is 39.0 Å². The number of carbonyl (C=O) groups excluding carboxylic acids is 2. The number of aromatic nitrogens is 1. The first-order valence-electron chi connectivity index (χ1n) is 8.68. The smallest absolute Gasteiger partial charge is 0.250 e. The Kier molecular flexibility index (Phi) is 5.23. The summed E-state index contributed by atoms with van der Waals surface area (Å²) in [5.41, 5.74) is 2.75. The molecule has 0 atom stereocenters. The number of carbonyl (C=O) groups is 2. The standard InChI is InChI=1S/C20H23N3O2S/c1-20(2,3)16-13-26-19(21-16)22-17(24)11-8-14-6-9-15(10-7-14)23-12-4-5-18(23)25/h6-11,13H,4-5,12H2,1-3H3,(H,21,22,24)/b11-8+. The highest BCUT2D eigenvalue weighted by Crippen LogP contribution is 2.26. The van der Waals surface area contributed by atoms with Gasteiger partial charge in [-0.1, -0.05) is 32.9 Å². The lowest BCUT2D eigenvalue weighted by atomic mass is 9.93. The first kappa shape index (κ1) is 18.3. The molecular formula is C20H23N3O2S. The van der Waals surface area contributed by atoms with Crippen LogP contribution in [0.3, 0.4) is 0 Å². The Balaban J connectivity index is 1.59. The highest BCUT2D eigenvalue weighted by Gasteiger charge is 2.21. The lowest BCUT2D eigenvalue weighted by Gasteiger charge is -2.15. The van der Waals surface area contributed by atoms with E-state index in [0.29, 0.717) is 11.6 Å². The number of nitrogens with zero attached hydrogens (tertiary/aromatic N) is 2. The molecule has 5 nitrogen and oxygen atoms in total. The second-order valence-corrected chi connectivity index (χ2v) is 8.21. The molecule has 2 amide bonds. The van der Waals surface area contributed by atoms with Gasteiger partial charge in [0.05, 0.1) is 5.69 Å². The quantitative estimate of drug-likeness (QED) is 0.821. The molecule has 3 rings (SSSR count). The van der Waals surface area contributed by atoms with Gasteiger partial charge in [-0.15, -0.1) is 11.3 Å². The van der Waals surface area contributed by atoms with E-state index in [9.17, 15) is 9.59 Å². The van der Waals surface area contributed by atoms with E-state index in [0.717, 1.165) is 29.9 Å². The molecule has 1 saturated heterocycles. The maximum absolute atomic E-state index is 12.1. The van der Waals surface area contributed by atoms with Crippen molar-refractivity contribution in [3.63, 3.8) is 0 Å². The Morgan fingerprint density at radius 1 is 1.27 bits per heavy atom. The number of nitrogens with one attached hydrogen (secondary N) is 1. The fraction of sp³-hybridized carbons (Fsp3) is 0.350. The number of hydrogen-bond donors (Lipinski definition) is 1. The summed E-state index contributed by atoms with van der Waals surface area (Å²) in [6.07, 6.45) is 4.78. The van der Waals surface area contributed by atoms with Gasteiger partial charge in [0.1, 0.15) is 0 Å². The zero-order valence-electron chi connectivity index (χ0n) is 15.3. The van der Waals surface area contributed by atoms with Gasteiger partial charge in [0.15, 0.2) is 5.13 Å². The fourth-order valence-corrected chi connectivity index (χ4v) is 3.62. The molecule has 1 N–H and O–H groups in total. The van der Waals surface area contributed by atoms with E-state index in [1.807, 2.05) is 29.6 Å². The minimum Gasteiger partial charge on any atom is -0.312 e. The van der Waals surface area contributed by atoms with E-state index in [-0.39, 0.29) is 17.2 Å². The van der Waals surface area contributed by atoms with Crippen LogP contribution in [0.15, 0.2) is 35.7 Å². The largest absolute Gasteiger partial charge is 0.312 e. The number of amides is 2. The topological polar surface area (TPSA) is 62.3 Å². The average Bonchev–Trinajstić information content (AvgIpc) is 3.22. The van der Waals surface area contributed by atoms with Crippen LogP contribution in [0.25, 0.3) is 6.08 Å². The second-order valence-electron chi connectivity index (χ2n) is 7.35. The molecule has 1 fully saturated rings. The van der Waals surface area contributed by atoms with E-state index in [1.54, 1.807) is 11.0 Å². The summed E-state index contributed by atoms with van der Waals surface area (Å²) >= 11 is 1.43. The molecule has 1 aliphatic heterocycles. The molecule has 0 bridgehead atoms. The summed E-state index contributed by atoms with van der Waals surface area (Å²) in [6, 6.07) is 7.64. The van der Waals surface area contributed by atoms with Crippen molar-refractivity contribution in [3.05, 3.63) is 47.0 Å². The van der Waals surface area contributed by atoms with Crippen LogP contribution in [-0.4, -0.2) is 23.3 Å². The van der Waals surface area contributed by atoms with Gasteiger partial charge in [0, 0.05) is 35.5 Å². The Hall–Kier alpha value is -2.47. The summed E-state index contributed by atoms with van der Waals surface area (Å²) in [7, 11) is 0. The zero-order valence-corrected chi connectivity index (χ0v) is 16.1. The lowest BCUT2D eigenvalue weighted by Crippen LogP contribution is -2.23. The molecular weight excluding hydrogens is 346 g/mol. The maximum atomic E-state index is 12.1. The van der Waals surface area contributed by atoms with E-state index >= 15 is 0 Å². The van der Waals surface area contributed by atoms with E-state index in [2.05, 4.69) is 31.1 Å². The van der Waals surface area contributed by atoms with Gasteiger partial charge in [0.25, 0.3) is 0 Å². The molecule has 136 valence electrons. The van der Waals surface area contributed by atoms with Crippen molar-refractivity contribution in [1.82, 2.24) is 4.98 Å². The van der Waals surface area contributed by atoms with Gasteiger partial charge in [-0.05, 0) is 30.2 Å². The van der Waals surface area contributed by atoms with Crippen molar-refractivity contribution >= 4 is 40.0 Å². The summed E-state index contributed by atoms with van der Waals surface area (Å²) in [6.45, 7) is 7.05. The van der Waals surface area contributed by atoms with Crippen LogP contribution < -0.4 is 10.2 Å². The van der Waals surface area contributed by atoms with Crippen LogP contribution in [0.4, 0.5) is 10.8 Å². The van der Waals surface area contributed by atoms with Crippen LogP contribution in [0, 0.1) is 0 Å². The minimum absolute atomic E-state index is 0.0339. The van der Waals surface area contributed by atoms with Crippen LogP contribution in [0.2, 0.25) is 0 Å². The molecule has 2 heterocycles. The second kappa shape index (κ2) is 7.41. The van der Waals surface area contributed by atoms with Crippen molar-refractivity contribution < 1.29 is 9.59 Å². The van der Waals surface area contributed by atoms with Crippen molar-refractivity contribution in [3.8, 4) is 0 Å². The predicted octanol–water partition coefficient (Wildman–Crippen LogP) is 4.22. The summed E-state index contributed by atoms with van der Waals surface area (Å²) in [5, 5.41) is 5.37. The average molecular weight is 369 g/mol. The molecule has 1 aromatic heterocycles. The molecule has 0 unspecified atom stereocenters. The van der Waals surface area contributed by atoms with Crippen molar-refractivity contribution in [2.24, 2.45) is 0 Å². The van der Waals surface area contributed by atoms with Crippen LogP contribution in [-0.2, 0) is 15.0 Å². The van der Waals surface area contributed by atoms with Crippen LogP contribution in [0.1, 0.15) is 44.9 Å². The molecule has 0 radical (unpaired) electrons. The van der Waals surface area contributed by atoms with E-state index < -0.39 is 0 Å². The van der Waals surface area contributed by atoms with Crippen molar-refractivity contribution in [1.29, 1.82) is 0 Å². The Morgan fingerprint density at radius 2 is 2.00 bits per heavy atom. The Labute approximate surface area is 157 Å². The fourth-order valence-electron chi connectivity index (χ4n) is 2.68. The van der Waals surface area contributed by atoms with Gasteiger partial charge in [0.2, 0.25) is 11.8 Å². The molecule has 26 heavy (non-hydrogen) atoms. The van der Waals surface area contributed by atoms with Gasteiger partial charge in [-0.25, -0.2) is 4.98 Å². The number of hydrogen-bond acceptors (Lipinski definition) is 4. The lowest BCUT2D eigenvalue weighted by molar-refractivity contribution is -0.117. The van der Waals surface area contributed by atoms with Crippen molar-refractivity contribution in [2.75, 3.05) is 16.8 Å². The molecule has 1 aromatic carbocycles. The molecule has 2 aromatic rings. The van der Waals surface area contributed by atoms with Gasteiger partial charge < -0.3 is 4.90 Å². The van der Waals surface area contributed by atoms with E-state index in [1.165, 1.54) is 17.4 Å². The normalized spacial score (nSPS) is 15.0. The highest BCUT2D eigenvalue weighted by molar-refractivity contribution is 7.14. The van der Waals surface area contributed by atoms with Crippen LogP contribution in [0.5, 0.6) is 0 Å². The molecule has 0 saturated carbocycles. The molecule has 0 aliphatic carbocycles. The molecule has 6 heteroatoms. The third kappa shape index (κ3) is 4.38. The van der Waals surface area contributed by atoms with Gasteiger partial charge in [-0.2, -0.15) is 0 Å². The summed E-state index contributed by atoms with van der Waals surface area (Å²) in [4.78, 5) is 30.1. The van der Waals surface area contributed by atoms with Gasteiger partial charge >= 0.3 is 0 Å². The number of thiazole rings is 1. The number of anilines is 2. The maximum Gasteiger partial charge on any atom is 0.250 e. The summed E-state index contributed by atoms with van der Waals surface area (Å²) < 4.78 is 0. The third-order valence-electron chi connectivity index (χ3n) is 4.21.